The van der Waals surface area contributed by atoms with Crippen LogP contribution in [-0.4, -0.2) is 39.3 Å². The third-order valence-electron chi connectivity index (χ3n) is 2.07. The molecule has 0 aromatic carbocycles. The molecule has 0 aliphatic heterocycles. The van der Waals surface area contributed by atoms with Crippen LogP contribution in [0.5, 0.6) is 0 Å². The summed E-state index contributed by atoms with van der Waals surface area (Å²) < 4.78 is 0. The van der Waals surface area contributed by atoms with Gasteiger partial charge in [0.2, 0.25) is 0 Å². The van der Waals surface area contributed by atoms with Crippen LogP contribution in [0.15, 0.2) is 5.29 Å². The fourth-order valence-corrected chi connectivity index (χ4v) is 1.20. The van der Waals surface area contributed by atoms with Crippen LogP contribution in [0.1, 0.15) is 25.7 Å². The predicted molar refractivity (Wildman–Crippen MR) is 72.3 cm³/mol. The lowest BCUT2D eigenvalue weighted by Crippen LogP contribution is -2.22. The van der Waals surface area contributed by atoms with Gasteiger partial charge in [0.25, 0.3) is 0 Å². The molecule has 7 heteroatoms. The summed E-state index contributed by atoms with van der Waals surface area (Å²) in [5.41, 5.74) is 10.8. The molecule has 0 aliphatic carbocycles. The Kier molecular flexibility index (Phi) is 22.6. The van der Waals surface area contributed by atoms with Crippen molar-refractivity contribution in [2.45, 2.75) is 25.7 Å². The van der Waals surface area contributed by atoms with Gasteiger partial charge in [-0.2, -0.15) is 0 Å². The third-order valence-corrected chi connectivity index (χ3v) is 2.07. The second-order valence-corrected chi connectivity index (χ2v) is 3.60. The minimum Gasteiger partial charge on any atom is -0.330 e. The molecule has 0 spiro atoms. The van der Waals surface area contributed by atoms with Crippen molar-refractivity contribution in [3.05, 3.63) is 4.91 Å². The lowest BCUT2D eigenvalue weighted by molar-refractivity contribution is 0.570. The standard InChI is InChI=1S/C10H26N4.H2N2O/c11-5-3-9-13-7-1-2-8-14-10-4-6-12;1-2-3/h13-14H,1-12H2;(H2,1,3). The third kappa shape index (κ3) is 25.5. The second kappa shape index (κ2) is 20.6. The summed E-state index contributed by atoms with van der Waals surface area (Å²) in [6, 6.07) is 0. The van der Waals surface area contributed by atoms with Gasteiger partial charge >= 0.3 is 0 Å². The van der Waals surface area contributed by atoms with Gasteiger partial charge in [0.15, 0.2) is 0 Å². The summed E-state index contributed by atoms with van der Waals surface area (Å²) in [4.78, 5) is 8.33. The molecule has 17 heavy (non-hydrogen) atoms. The van der Waals surface area contributed by atoms with Gasteiger partial charge in [-0.05, 0) is 65.0 Å². The van der Waals surface area contributed by atoms with Gasteiger partial charge in [0, 0.05) is 5.29 Å². The normalized spacial score (nSPS) is 9.53. The van der Waals surface area contributed by atoms with E-state index in [9.17, 15) is 0 Å². The van der Waals surface area contributed by atoms with Gasteiger partial charge in [-0.1, -0.05) is 0 Å². The van der Waals surface area contributed by atoms with Crippen molar-refractivity contribution >= 4 is 0 Å². The highest BCUT2D eigenvalue weighted by atomic mass is 16.3. The average molecular weight is 248 g/mol. The second-order valence-electron chi connectivity index (χ2n) is 3.60. The zero-order valence-corrected chi connectivity index (χ0v) is 10.7. The van der Waals surface area contributed by atoms with Crippen molar-refractivity contribution in [1.29, 1.82) is 0 Å². The van der Waals surface area contributed by atoms with Gasteiger partial charge in [-0.15, -0.1) is 4.91 Å². The molecule has 8 N–H and O–H groups in total. The quantitative estimate of drug-likeness (QED) is 0.142. The topological polar surface area (TPSA) is 132 Å². The molecule has 7 nitrogen and oxygen atoms in total. The summed E-state index contributed by atoms with van der Waals surface area (Å²) in [6.07, 6.45) is 4.63. The van der Waals surface area contributed by atoms with Crippen LogP contribution in [0, 0.1) is 4.91 Å². The van der Waals surface area contributed by atoms with E-state index in [1.165, 1.54) is 12.8 Å². The molecule has 0 heterocycles. The van der Waals surface area contributed by atoms with Crippen molar-refractivity contribution < 1.29 is 0 Å². The molecule has 0 rings (SSSR count). The monoisotopic (exact) mass is 248 g/mol. The van der Waals surface area contributed by atoms with Crippen LogP contribution in [0.2, 0.25) is 0 Å². The number of unbranched alkanes of at least 4 members (excludes halogenated alkanes) is 1. The predicted octanol–water partition coefficient (Wildman–Crippen LogP) is -0.730. The molecule has 0 saturated carbocycles. The van der Waals surface area contributed by atoms with E-state index in [0.29, 0.717) is 0 Å². The molecule has 0 saturated heterocycles. The Bertz CT molecular complexity index is 124. The van der Waals surface area contributed by atoms with E-state index in [0.717, 1.165) is 52.1 Å². The van der Waals surface area contributed by atoms with Crippen LogP contribution < -0.4 is 27.9 Å². The van der Waals surface area contributed by atoms with Crippen molar-refractivity contribution in [2.75, 3.05) is 39.3 Å². The Morgan fingerprint density at radius 3 is 1.35 bits per heavy atom. The number of nitrogens with one attached hydrogen (secondary N) is 2. The van der Waals surface area contributed by atoms with Crippen LogP contribution in [0.25, 0.3) is 0 Å². The van der Waals surface area contributed by atoms with Crippen molar-refractivity contribution in [3.8, 4) is 0 Å². The fourth-order valence-electron chi connectivity index (χ4n) is 1.20. The number of rotatable bonds is 11. The van der Waals surface area contributed by atoms with Gasteiger partial charge in [-0.25, -0.2) is 0 Å². The Labute approximate surface area is 104 Å². The average Bonchev–Trinajstić information content (AvgIpc) is 2.33. The van der Waals surface area contributed by atoms with E-state index < -0.39 is 0 Å². The van der Waals surface area contributed by atoms with Gasteiger partial charge in [0.05, 0.1) is 0 Å². The summed E-state index contributed by atoms with van der Waals surface area (Å²) in [5, 5.41) is 8.47. The number of nitrogens with zero attached hydrogens (tertiary/aromatic N) is 1. The van der Waals surface area contributed by atoms with Gasteiger partial charge < -0.3 is 22.1 Å². The largest absolute Gasteiger partial charge is 0.330 e. The summed E-state index contributed by atoms with van der Waals surface area (Å²) in [5.74, 6) is 3.92. The maximum absolute atomic E-state index is 8.33. The molecule has 0 aliphatic rings. The molecular weight excluding hydrogens is 220 g/mol. The SMILES string of the molecule is NCCCNCCCCNCCCN.NN=O. The molecule has 0 radical (unpaired) electrons. The highest BCUT2D eigenvalue weighted by Gasteiger charge is 1.89. The van der Waals surface area contributed by atoms with Crippen LogP contribution >= 0.6 is 0 Å². The van der Waals surface area contributed by atoms with E-state index in [1.54, 1.807) is 5.29 Å². The van der Waals surface area contributed by atoms with Crippen LogP contribution in [-0.2, 0) is 0 Å². The number of nitroso groups, excluding NO2 is 1. The molecular formula is C10H28N6O. The van der Waals surface area contributed by atoms with Crippen molar-refractivity contribution in [3.63, 3.8) is 0 Å². The first-order valence-corrected chi connectivity index (χ1v) is 6.17. The Morgan fingerprint density at radius 2 is 1.06 bits per heavy atom. The molecule has 0 bridgehead atoms. The number of hydrogen-bond donors (Lipinski definition) is 5. The smallest absolute Gasteiger partial charge is 0.0468 e. The van der Waals surface area contributed by atoms with Crippen molar-refractivity contribution in [2.24, 2.45) is 22.6 Å². The minimum atomic E-state index is 0.785. The molecule has 0 aromatic rings. The van der Waals surface area contributed by atoms with Gasteiger partial charge in [-0.3, -0.25) is 5.84 Å². The molecule has 0 atom stereocenters. The maximum Gasteiger partial charge on any atom is 0.0468 e. The first kappa shape index (κ1) is 18.6. The molecule has 0 amide bonds. The van der Waals surface area contributed by atoms with Crippen LogP contribution in [0.4, 0.5) is 0 Å². The fraction of sp³-hybridized carbons (Fsp3) is 1.00. The number of nitrogens with two attached hydrogens (primary N) is 3. The van der Waals surface area contributed by atoms with E-state index in [2.05, 4.69) is 16.5 Å². The van der Waals surface area contributed by atoms with E-state index >= 15 is 0 Å². The van der Waals surface area contributed by atoms with Crippen molar-refractivity contribution in [1.82, 2.24) is 10.6 Å². The number of hydrogen-bond acceptors (Lipinski definition) is 6. The van der Waals surface area contributed by atoms with E-state index in [-0.39, 0.29) is 0 Å². The lowest BCUT2D eigenvalue weighted by atomic mass is 10.3. The maximum atomic E-state index is 8.33. The van der Waals surface area contributed by atoms with Gasteiger partial charge in [0.1, 0.15) is 0 Å². The first-order valence-electron chi connectivity index (χ1n) is 6.17. The lowest BCUT2D eigenvalue weighted by Gasteiger charge is -2.04. The first-order chi connectivity index (χ1) is 8.33. The molecule has 0 aromatic heterocycles. The van der Waals surface area contributed by atoms with Crippen LogP contribution in [0.3, 0.4) is 0 Å². The summed E-state index contributed by atoms with van der Waals surface area (Å²) in [6.45, 7) is 5.90. The molecule has 0 unspecified atom stereocenters. The van der Waals surface area contributed by atoms with E-state index in [4.69, 9.17) is 16.4 Å². The summed E-state index contributed by atoms with van der Waals surface area (Å²) >= 11 is 0. The zero-order valence-electron chi connectivity index (χ0n) is 10.7. The Balaban J connectivity index is 0. The highest BCUT2D eigenvalue weighted by molar-refractivity contribution is 4.52. The molecule has 104 valence electrons. The Morgan fingerprint density at radius 1 is 0.765 bits per heavy atom. The minimum absolute atomic E-state index is 0.785. The Hall–Kier alpha value is -0.760. The van der Waals surface area contributed by atoms with E-state index in [1.807, 2.05) is 0 Å². The summed E-state index contributed by atoms with van der Waals surface area (Å²) in [7, 11) is 0. The highest BCUT2D eigenvalue weighted by Crippen LogP contribution is 1.84. The molecule has 0 fully saturated rings. The zero-order chi connectivity index (χ0) is 13.2.